The number of amides is 1. The Labute approximate surface area is 393 Å². The number of ether oxygens (including phenoxy) is 4. The van der Waals surface area contributed by atoms with E-state index >= 15 is 0 Å². The van der Waals surface area contributed by atoms with E-state index in [2.05, 4.69) is 19.2 Å². The smallest absolute Gasteiger partial charge is 0.220 e. The predicted molar refractivity (Wildman–Crippen MR) is 254 cm³/mol. The van der Waals surface area contributed by atoms with E-state index in [0.717, 1.165) is 51.4 Å². The van der Waals surface area contributed by atoms with Crippen LogP contribution in [0, 0.1) is 0 Å². The van der Waals surface area contributed by atoms with Gasteiger partial charge in [-0.15, -0.1) is 0 Å². The molecule has 0 bridgehead atoms. The molecule has 2 aliphatic heterocycles. The summed E-state index contributed by atoms with van der Waals surface area (Å²) in [5, 5.41) is 87.0. The van der Waals surface area contributed by atoms with Gasteiger partial charge in [0.05, 0.1) is 32.0 Å². The molecule has 2 fully saturated rings. The minimum absolute atomic E-state index is 0.203. The highest BCUT2D eigenvalue weighted by molar-refractivity contribution is 5.76. The fraction of sp³-hybridized carbons (Fsp3) is 0.980. The third-order valence-corrected chi connectivity index (χ3v) is 13.6. The Morgan fingerprint density at radius 2 is 0.877 bits per heavy atom. The first-order valence-corrected chi connectivity index (χ1v) is 26.8. The van der Waals surface area contributed by atoms with Gasteiger partial charge in [-0.2, -0.15) is 0 Å². The molecule has 2 aliphatic rings. The zero-order chi connectivity index (χ0) is 47.5. The molecule has 0 spiro atoms. The Morgan fingerprint density at radius 1 is 0.492 bits per heavy atom. The van der Waals surface area contributed by atoms with Crippen molar-refractivity contribution in [2.45, 2.75) is 299 Å². The standard InChI is InChI=1S/C51H99NO13/c1-3-5-7-9-11-13-15-17-19-20-21-23-25-27-29-31-33-35-43(56)52-39(40(55)34-32-30-28-26-24-22-18-16-14-12-10-8-6-4-2)38-62-50-48(61)46(59)49(42(37-54)64-50)65-51-47(60)45(58)44(57)41(36-53)63-51/h39-42,44-51,53-55,57-61H,3-38H2,1-2H3,(H,52,56)/t39-,40+,41+,42+,44-,45?,46?,47?,48?,49+,50+,51-/m0/s1. The first-order chi connectivity index (χ1) is 31.6. The summed E-state index contributed by atoms with van der Waals surface area (Å²) in [5.41, 5.74) is 0. The third-order valence-electron chi connectivity index (χ3n) is 13.6. The molecule has 4 unspecified atom stereocenters. The number of carbonyl (C=O) groups excluding carboxylic acids is 1. The molecule has 0 aliphatic carbocycles. The van der Waals surface area contributed by atoms with Crippen LogP contribution in [-0.4, -0.2) is 140 Å². The zero-order valence-corrected chi connectivity index (χ0v) is 41.0. The highest BCUT2D eigenvalue weighted by Crippen LogP contribution is 2.30. The first kappa shape index (κ1) is 60.1. The van der Waals surface area contributed by atoms with Gasteiger partial charge in [-0.1, -0.05) is 206 Å². The van der Waals surface area contributed by atoms with Crippen molar-refractivity contribution >= 4 is 5.91 Å². The molecule has 9 N–H and O–H groups in total. The molecule has 2 rings (SSSR count). The van der Waals surface area contributed by atoms with Crippen LogP contribution in [0.4, 0.5) is 0 Å². The van der Waals surface area contributed by atoms with E-state index < -0.39 is 86.8 Å². The maximum absolute atomic E-state index is 13.2. The van der Waals surface area contributed by atoms with Crippen LogP contribution in [0.2, 0.25) is 0 Å². The van der Waals surface area contributed by atoms with Gasteiger partial charge < -0.3 is 65.1 Å². The van der Waals surface area contributed by atoms with Gasteiger partial charge in [-0.3, -0.25) is 4.79 Å². The predicted octanol–water partition coefficient (Wildman–Crippen LogP) is 7.39. The molecular weight excluding hydrogens is 835 g/mol. The molecule has 2 heterocycles. The topological polar surface area (TPSA) is 228 Å². The number of hydrogen-bond donors (Lipinski definition) is 9. The Hall–Kier alpha value is -1.01. The van der Waals surface area contributed by atoms with Crippen molar-refractivity contribution < 1.29 is 64.6 Å². The second kappa shape index (κ2) is 38.8. The van der Waals surface area contributed by atoms with Gasteiger partial charge in [-0.25, -0.2) is 0 Å². The number of rotatable bonds is 42. The van der Waals surface area contributed by atoms with Gasteiger partial charge in [0, 0.05) is 6.42 Å². The van der Waals surface area contributed by atoms with Crippen LogP contribution in [0.5, 0.6) is 0 Å². The largest absolute Gasteiger partial charge is 0.394 e. The summed E-state index contributed by atoms with van der Waals surface area (Å²) in [4.78, 5) is 13.2. The minimum atomic E-state index is -1.78. The van der Waals surface area contributed by atoms with Crippen LogP contribution in [0.3, 0.4) is 0 Å². The third kappa shape index (κ3) is 26.0. The van der Waals surface area contributed by atoms with Crippen LogP contribution < -0.4 is 5.32 Å². The lowest BCUT2D eigenvalue weighted by atomic mass is 9.97. The molecule has 14 heteroatoms. The lowest BCUT2D eigenvalue weighted by Gasteiger charge is -2.46. The molecule has 12 atom stereocenters. The zero-order valence-electron chi connectivity index (χ0n) is 41.0. The van der Waals surface area contributed by atoms with Crippen LogP contribution in [-0.2, 0) is 23.7 Å². The summed E-state index contributed by atoms with van der Waals surface area (Å²) in [5.74, 6) is -0.203. The van der Waals surface area contributed by atoms with Crippen molar-refractivity contribution in [2.75, 3.05) is 19.8 Å². The highest BCUT2D eigenvalue weighted by Gasteiger charge is 2.51. The Kier molecular flexibility index (Phi) is 35.9. The van der Waals surface area contributed by atoms with Crippen molar-refractivity contribution in [3.8, 4) is 0 Å². The number of carbonyl (C=O) groups is 1. The molecule has 14 nitrogen and oxygen atoms in total. The quantitative estimate of drug-likeness (QED) is 0.0273. The Balaban J connectivity index is 1.80. The van der Waals surface area contributed by atoms with Gasteiger partial charge in [0.1, 0.15) is 48.8 Å². The second-order valence-corrected chi connectivity index (χ2v) is 19.4. The summed E-state index contributed by atoms with van der Waals surface area (Å²) >= 11 is 0. The van der Waals surface area contributed by atoms with E-state index in [9.17, 15) is 45.6 Å². The molecule has 2 saturated heterocycles. The molecule has 0 aromatic heterocycles. The van der Waals surface area contributed by atoms with Crippen LogP contribution in [0.1, 0.15) is 226 Å². The Morgan fingerprint density at radius 3 is 1.31 bits per heavy atom. The molecular formula is C51H99NO13. The average molecular weight is 934 g/mol. The highest BCUT2D eigenvalue weighted by atomic mass is 16.7. The molecule has 0 radical (unpaired) electrons. The second-order valence-electron chi connectivity index (χ2n) is 19.4. The lowest BCUT2D eigenvalue weighted by molar-refractivity contribution is -0.359. The van der Waals surface area contributed by atoms with Gasteiger partial charge in [0.25, 0.3) is 0 Å². The maximum Gasteiger partial charge on any atom is 0.220 e. The van der Waals surface area contributed by atoms with Gasteiger partial charge in [-0.05, 0) is 12.8 Å². The van der Waals surface area contributed by atoms with Crippen LogP contribution in [0.15, 0.2) is 0 Å². The molecule has 0 aromatic rings. The molecule has 65 heavy (non-hydrogen) atoms. The van der Waals surface area contributed by atoms with Gasteiger partial charge in [0.2, 0.25) is 5.91 Å². The van der Waals surface area contributed by atoms with Gasteiger partial charge in [0.15, 0.2) is 12.6 Å². The van der Waals surface area contributed by atoms with Crippen molar-refractivity contribution in [3.63, 3.8) is 0 Å². The minimum Gasteiger partial charge on any atom is -0.394 e. The fourth-order valence-electron chi connectivity index (χ4n) is 9.18. The molecule has 0 saturated carbocycles. The summed E-state index contributed by atoms with van der Waals surface area (Å²) in [6, 6.07) is -0.820. The van der Waals surface area contributed by atoms with Crippen LogP contribution in [0.25, 0.3) is 0 Å². The van der Waals surface area contributed by atoms with Crippen molar-refractivity contribution in [2.24, 2.45) is 0 Å². The number of unbranched alkanes of at least 4 members (excludes halogenated alkanes) is 29. The fourth-order valence-corrected chi connectivity index (χ4v) is 9.18. The number of nitrogens with one attached hydrogen (secondary N) is 1. The van der Waals surface area contributed by atoms with E-state index in [1.54, 1.807) is 0 Å². The van der Waals surface area contributed by atoms with Crippen molar-refractivity contribution in [1.82, 2.24) is 5.32 Å². The lowest BCUT2D eigenvalue weighted by Crippen LogP contribution is -2.65. The van der Waals surface area contributed by atoms with Crippen molar-refractivity contribution in [1.29, 1.82) is 0 Å². The van der Waals surface area contributed by atoms with E-state index in [0.29, 0.717) is 12.8 Å². The first-order valence-electron chi connectivity index (χ1n) is 26.8. The monoisotopic (exact) mass is 934 g/mol. The molecule has 1 amide bonds. The van der Waals surface area contributed by atoms with E-state index in [-0.39, 0.29) is 12.5 Å². The number of hydrogen-bond acceptors (Lipinski definition) is 13. The van der Waals surface area contributed by atoms with Crippen molar-refractivity contribution in [3.05, 3.63) is 0 Å². The average Bonchev–Trinajstić information content (AvgIpc) is 3.30. The summed E-state index contributed by atoms with van der Waals surface area (Å²) in [7, 11) is 0. The number of aliphatic hydroxyl groups is 8. The van der Waals surface area contributed by atoms with Crippen LogP contribution >= 0.6 is 0 Å². The van der Waals surface area contributed by atoms with Gasteiger partial charge >= 0.3 is 0 Å². The Bertz CT molecular complexity index is 1100. The van der Waals surface area contributed by atoms with E-state index in [1.807, 2.05) is 0 Å². The molecule has 386 valence electrons. The maximum atomic E-state index is 13.2. The van der Waals surface area contributed by atoms with E-state index in [1.165, 1.54) is 148 Å². The number of aliphatic hydroxyl groups excluding tert-OH is 8. The SMILES string of the molecule is CCCCCCCCCCCCCCCCCCCC(=O)N[C@@H](CO[C@@H]1O[C@H](CO)[C@@H](O[C@@H]2O[C@H](CO)[C@H](O)C(O)C2O)C(O)C1O)[C@H](O)CCCCCCCCCCCCCCCC. The normalized spacial score (nSPS) is 26.9. The summed E-state index contributed by atoms with van der Waals surface area (Å²) in [6.07, 6.45) is 22.4. The summed E-state index contributed by atoms with van der Waals surface area (Å²) in [6.45, 7) is 2.87. The molecule has 0 aromatic carbocycles. The van der Waals surface area contributed by atoms with E-state index in [4.69, 9.17) is 18.9 Å². The summed E-state index contributed by atoms with van der Waals surface area (Å²) < 4.78 is 22.8.